The molecule has 30 heavy (non-hydrogen) atoms. The molecule has 4 rings (SSSR count). The van der Waals surface area contributed by atoms with E-state index < -0.39 is 0 Å². The maximum absolute atomic E-state index is 13.0. The number of phenols is 1. The number of carbonyl (C=O) groups is 1. The standard InChI is InChI=1S/C22H19N3O3S2/c1-3-11-25-20(27)19(13-14-9-10-16(26)17(12-14)28-4-2)30-22(25)24-21-23-15-7-5-6-8-18(15)29-21/h3,5-10,12-13,26H,1,4,11H2,2H3/b19-13-,24-22+. The van der Waals surface area contributed by atoms with Crippen LogP contribution in [0.2, 0.25) is 0 Å². The predicted octanol–water partition coefficient (Wildman–Crippen LogP) is 5.19. The van der Waals surface area contributed by atoms with Crippen LogP contribution >= 0.6 is 23.1 Å². The van der Waals surface area contributed by atoms with Crippen LogP contribution in [-0.4, -0.2) is 39.2 Å². The maximum Gasteiger partial charge on any atom is 0.267 e. The van der Waals surface area contributed by atoms with Gasteiger partial charge in [-0.25, -0.2) is 4.98 Å². The fraction of sp³-hybridized carbons (Fsp3) is 0.136. The summed E-state index contributed by atoms with van der Waals surface area (Å²) in [4.78, 5) is 24.3. The van der Waals surface area contributed by atoms with E-state index >= 15 is 0 Å². The quantitative estimate of drug-likeness (QED) is 0.424. The monoisotopic (exact) mass is 437 g/mol. The summed E-state index contributed by atoms with van der Waals surface area (Å²) in [6.45, 7) is 6.39. The molecule has 1 N–H and O–H groups in total. The summed E-state index contributed by atoms with van der Waals surface area (Å²) in [5.41, 5.74) is 1.64. The van der Waals surface area contributed by atoms with Crippen LogP contribution in [0.5, 0.6) is 11.5 Å². The van der Waals surface area contributed by atoms with Gasteiger partial charge in [0.05, 0.1) is 21.7 Å². The molecule has 0 aliphatic carbocycles. The molecule has 8 heteroatoms. The molecule has 0 unspecified atom stereocenters. The second-order valence-corrected chi connectivity index (χ2v) is 8.35. The Morgan fingerprint density at radius 2 is 2.13 bits per heavy atom. The zero-order valence-corrected chi connectivity index (χ0v) is 17.9. The summed E-state index contributed by atoms with van der Waals surface area (Å²) in [6.07, 6.45) is 3.44. The van der Waals surface area contributed by atoms with Crippen molar-refractivity contribution < 1.29 is 14.6 Å². The zero-order valence-electron chi connectivity index (χ0n) is 16.2. The van der Waals surface area contributed by atoms with Gasteiger partial charge in [0.25, 0.3) is 5.91 Å². The SMILES string of the molecule is C=CCN1C(=O)/C(=C/c2ccc(O)c(OCC)c2)S/C1=N/c1nc2ccccc2s1. The van der Waals surface area contributed by atoms with Crippen molar-refractivity contribution in [3.05, 3.63) is 65.6 Å². The minimum atomic E-state index is -0.147. The first-order valence-electron chi connectivity index (χ1n) is 9.31. The van der Waals surface area contributed by atoms with Gasteiger partial charge in [-0.1, -0.05) is 35.6 Å². The number of hydrogen-bond donors (Lipinski definition) is 1. The number of aliphatic imine (C=N–C) groups is 1. The number of para-hydroxylation sites is 1. The van der Waals surface area contributed by atoms with Crippen LogP contribution in [0.1, 0.15) is 12.5 Å². The van der Waals surface area contributed by atoms with E-state index in [0.29, 0.717) is 34.1 Å². The molecule has 0 saturated carbocycles. The van der Waals surface area contributed by atoms with E-state index in [9.17, 15) is 9.90 Å². The van der Waals surface area contributed by atoms with Gasteiger partial charge in [0.1, 0.15) is 0 Å². The Kier molecular flexibility index (Phi) is 5.87. The van der Waals surface area contributed by atoms with E-state index in [0.717, 1.165) is 15.8 Å². The lowest BCUT2D eigenvalue weighted by Gasteiger charge is -2.11. The van der Waals surface area contributed by atoms with Gasteiger partial charge in [0.2, 0.25) is 5.13 Å². The van der Waals surface area contributed by atoms with Gasteiger partial charge in [-0.15, -0.1) is 6.58 Å². The van der Waals surface area contributed by atoms with E-state index in [1.807, 2.05) is 31.2 Å². The highest BCUT2D eigenvalue weighted by atomic mass is 32.2. The molecule has 2 heterocycles. The summed E-state index contributed by atoms with van der Waals surface area (Å²) < 4.78 is 6.48. The van der Waals surface area contributed by atoms with Gasteiger partial charge >= 0.3 is 0 Å². The molecular formula is C22H19N3O3S2. The predicted molar refractivity (Wildman–Crippen MR) is 123 cm³/mol. The van der Waals surface area contributed by atoms with Crippen LogP contribution < -0.4 is 4.74 Å². The number of ether oxygens (including phenoxy) is 1. The first kappa shape index (κ1) is 20.2. The zero-order chi connectivity index (χ0) is 21.1. The fourth-order valence-corrected chi connectivity index (χ4v) is 4.80. The third kappa shape index (κ3) is 4.10. The Balaban J connectivity index is 1.68. The number of nitrogens with zero attached hydrogens (tertiary/aromatic N) is 3. The normalized spacial score (nSPS) is 16.7. The molecule has 3 aromatic rings. The molecule has 0 radical (unpaired) electrons. The van der Waals surface area contributed by atoms with E-state index in [2.05, 4.69) is 16.6 Å². The van der Waals surface area contributed by atoms with E-state index in [1.54, 1.807) is 35.3 Å². The molecule has 6 nitrogen and oxygen atoms in total. The number of thiazole rings is 1. The first-order chi connectivity index (χ1) is 14.6. The largest absolute Gasteiger partial charge is 0.504 e. The van der Waals surface area contributed by atoms with Crippen molar-refractivity contribution in [2.45, 2.75) is 6.92 Å². The van der Waals surface area contributed by atoms with Gasteiger partial charge in [-0.2, -0.15) is 4.99 Å². The number of fused-ring (bicyclic) bond motifs is 1. The molecule has 1 amide bonds. The first-order valence-corrected chi connectivity index (χ1v) is 10.9. The van der Waals surface area contributed by atoms with Gasteiger partial charge in [0.15, 0.2) is 16.7 Å². The van der Waals surface area contributed by atoms with Gasteiger partial charge < -0.3 is 9.84 Å². The van der Waals surface area contributed by atoms with Crippen molar-refractivity contribution >= 4 is 55.6 Å². The molecular weight excluding hydrogens is 418 g/mol. The van der Waals surface area contributed by atoms with Crippen molar-refractivity contribution in [1.29, 1.82) is 0 Å². The minimum Gasteiger partial charge on any atom is -0.504 e. The number of hydrogen-bond acceptors (Lipinski definition) is 7. The Bertz CT molecular complexity index is 1150. The van der Waals surface area contributed by atoms with Crippen molar-refractivity contribution in [3.8, 4) is 11.5 Å². The van der Waals surface area contributed by atoms with E-state index in [4.69, 9.17) is 4.74 Å². The van der Waals surface area contributed by atoms with Crippen LogP contribution in [0.3, 0.4) is 0 Å². The summed E-state index contributed by atoms with van der Waals surface area (Å²) in [5, 5.41) is 11.1. The molecule has 0 bridgehead atoms. The average Bonchev–Trinajstić information content (AvgIpc) is 3.27. The summed E-state index contributed by atoms with van der Waals surface area (Å²) >= 11 is 2.77. The van der Waals surface area contributed by atoms with Crippen LogP contribution in [-0.2, 0) is 4.79 Å². The van der Waals surface area contributed by atoms with Crippen LogP contribution in [0.15, 0.2) is 65.0 Å². The number of aromatic nitrogens is 1. The van der Waals surface area contributed by atoms with Crippen LogP contribution in [0, 0.1) is 0 Å². The van der Waals surface area contributed by atoms with Crippen molar-refractivity contribution in [3.63, 3.8) is 0 Å². The Labute approximate surface area is 182 Å². The second-order valence-electron chi connectivity index (χ2n) is 6.33. The Hall–Kier alpha value is -3.10. The Morgan fingerprint density at radius 1 is 1.30 bits per heavy atom. The smallest absolute Gasteiger partial charge is 0.267 e. The molecule has 0 spiro atoms. The van der Waals surface area contributed by atoms with Gasteiger partial charge in [-0.3, -0.25) is 9.69 Å². The van der Waals surface area contributed by atoms with Crippen molar-refractivity contribution in [1.82, 2.24) is 9.88 Å². The maximum atomic E-state index is 13.0. The van der Waals surface area contributed by atoms with E-state index in [1.165, 1.54) is 23.1 Å². The topological polar surface area (TPSA) is 75.0 Å². The summed E-state index contributed by atoms with van der Waals surface area (Å²) in [5.74, 6) is 0.301. The second kappa shape index (κ2) is 8.73. The highest BCUT2D eigenvalue weighted by Crippen LogP contribution is 2.37. The molecule has 152 valence electrons. The van der Waals surface area contributed by atoms with Gasteiger partial charge in [-0.05, 0) is 54.6 Å². The highest BCUT2D eigenvalue weighted by molar-refractivity contribution is 8.18. The van der Waals surface area contributed by atoms with Crippen LogP contribution in [0.4, 0.5) is 5.13 Å². The number of phenolic OH excluding ortho intramolecular Hbond substituents is 1. The average molecular weight is 438 g/mol. The fourth-order valence-electron chi connectivity index (χ4n) is 2.91. The molecule has 1 saturated heterocycles. The number of benzene rings is 2. The number of amides is 1. The van der Waals surface area contributed by atoms with Crippen molar-refractivity contribution in [2.24, 2.45) is 4.99 Å². The molecule has 1 aliphatic rings. The van der Waals surface area contributed by atoms with Crippen LogP contribution in [0.25, 0.3) is 16.3 Å². The Morgan fingerprint density at radius 3 is 2.90 bits per heavy atom. The number of carbonyl (C=O) groups excluding carboxylic acids is 1. The number of aromatic hydroxyl groups is 1. The lowest BCUT2D eigenvalue weighted by molar-refractivity contribution is -0.121. The number of thioether (sulfide) groups is 1. The van der Waals surface area contributed by atoms with Crippen molar-refractivity contribution in [2.75, 3.05) is 13.2 Å². The molecule has 1 aliphatic heterocycles. The van der Waals surface area contributed by atoms with Gasteiger partial charge in [0, 0.05) is 6.54 Å². The number of amidine groups is 1. The van der Waals surface area contributed by atoms with E-state index in [-0.39, 0.29) is 11.7 Å². The summed E-state index contributed by atoms with van der Waals surface area (Å²) in [7, 11) is 0. The lowest BCUT2D eigenvalue weighted by atomic mass is 10.2. The molecule has 0 atom stereocenters. The molecule has 1 fully saturated rings. The molecule has 1 aromatic heterocycles. The third-order valence-corrected chi connectivity index (χ3v) is 6.19. The minimum absolute atomic E-state index is 0.0655. The summed E-state index contributed by atoms with van der Waals surface area (Å²) in [6, 6.07) is 12.8. The molecule has 2 aromatic carbocycles. The number of rotatable bonds is 6. The highest BCUT2D eigenvalue weighted by Gasteiger charge is 2.33. The third-order valence-electron chi connectivity index (χ3n) is 4.26. The lowest BCUT2D eigenvalue weighted by Crippen LogP contribution is -2.29.